The van der Waals surface area contributed by atoms with E-state index in [9.17, 15) is 13.5 Å². The first kappa shape index (κ1) is 18.9. The van der Waals surface area contributed by atoms with Gasteiger partial charge in [0.25, 0.3) is 10.0 Å². The van der Waals surface area contributed by atoms with Crippen LogP contribution in [0.25, 0.3) is 0 Å². The van der Waals surface area contributed by atoms with E-state index in [1.165, 1.54) is 43.7 Å². The van der Waals surface area contributed by atoms with Crippen LogP contribution in [0.4, 0.5) is 0 Å². The average Bonchev–Trinajstić information content (AvgIpc) is 2.58. The van der Waals surface area contributed by atoms with Crippen molar-refractivity contribution >= 4 is 27.8 Å². The Hall–Kier alpha value is -2.45. The number of phenols is 1. The molecule has 0 fully saturated rings. The van der Waals surface area contributed by atoms with Gasteiger partial charge in [0.15, 0.2) is 11.5 Å². The third-order valence-corrected chi connectivity index (χ3v) is 4.56. The summed E-state index contributed by atoms with van der Waals surface area (Å²) in [7, 11) is -2.60. The van der Waals surface area contributed by atoms with Crippen LogP contribution in [0.1, 0.15) is 12.5 Å². The molecule has 0 saturated carbocycles. The lowest BCUT2D eigenvalue weighted by atomic mass is 10.2. The molecule has 25 heavy (non-hydrogen) atoms. The highest BCUT2D eigenvalue weighted by molar-refractivity contribution is 7.89. The molecule has 0 amide bonds. The average molecular weight is 385 g/mol. The number of nitrogens with zero attached hydrogens (tertiary/aromatic N) is 1. The van der Waals surface area contributed by atoms with Crippen molar-refractivity contribution in [3.05, 3.63) is 47.0 Å². The van der Waals surface area contributed by atoms with Crippen LogP contribution in [0.15, 0.2) is 46.4 Å². The molecule has 2 rings (SSSR count). The van der Waals surface area contributed by atoms with E-state index >= 15 is 0 Å². The van der Waals surface area contributed by atoms with Crippen LogP contribution < -0.4 is 14.3 Å². The standard InChI is InChI=1S/C16H17ClN2O5S/c1-3-24-15-8-11(4-6-13(15)20)10-18-19-25(21,22)16-9-12(17)5-7-14(16)23-2/h4-10,19-20H,3H2,1-2H3/b18-10+. The number of phenolic OH excluding ortho intramolecular Hbond substituents is 1. The van der Waals surface area contributed by atoms with Gasteiger partial charge in [-0.1, -0.05) is 11.6 Å². The van der Waals surface area contributed by atoms with Crippen LogP contribution in [-0.4, -0.2) is 33.5 Å². The molecule has 2 N–H and O–H groups in total. The number of halogens is 1. The number of methoxy groups -OCH3 is 1. The zero-order valence-corrected chi connectivity index (χ0v) is 15.1. The van der Waals surface area contributed by atoms with E-state index < -0.39 is 10.0 Å². The Kier molecular flexibility index (Phi) is 6.11. The highest BCUT2D eigenvalue weighted by Gasteiger charge is 2.19. The van der Waals surface area contributed by atoms with Crippen LogP contribution in [0.5, 0.6) is 17.2 Å². The number of aromatic hydroxyl groups is 1. The maximum absolute atomic E-state index is 12.3. The van der Waals surface area contributed by atoms with Crippen LogP contribution >= 0.6 is 11.6 Å². The van der Waals surface area contributed by atoms with Crippen LogP contribution in [0.2, 0.25) is 5.02 Å². The fraction of sp³-hybridized carbons (Fsp3) is 0.188. The molecule has 0 aliphatic heterocycles. The van der Waals surface area contributed by atoms with Crippen molar-refractivity contribution in [2.24, 2.45) is 5.10 Å². The Labute approximate surface area is 150 Å². The monoisotopic (exact) mass is 384 g/mol. The molecule has 0 radical (unpaired) electrons. The Morgan fingerprint density at radius 3 is 2.68 bits per heavy atom. The lowest BCUT2D eigenvalue weighted by molar-refractivity contribution is 0.318. The van der Waals surface area contributed by atoms with Crippen molar-refractivity contribution in [3.8, 4) is 17.2 Å². The summed E-state index contributed by atoms with van der Waals surface area (Å²) in [5, 5.41) is 13.6. The van der Waals surface area contributed by atoms with E-state index in [4.69, 9.17) is 21.1 Å². The summed E-state index contributed by atoms with van der Waals surface area (Å²) in [5.41, 5.74) is 0.544. The predicted molar refractivity (Wildman–Crippen MR) is 95.2 cm³/mol. The fourth-order valence-electron chi connectivity index (χ4n) is 1.96. The molecule has 0 aromatic heterocycles. The molecule has 0 spiro atoms. The molecule has 134 valence electrons. The zero-order valence-electron chi connectivity index (χ0n) is 13.6. The molecule has 0 heterocycles. The number of sulfonamides is 1. The Bertz CT molecular complexity index is 884. The summed E-state index contributed by atoms with van der Waals surface area (Å²) in [6, 6.07) is 8.78. The van der Waals surface area contributed by atoms with Gasteiger partial charge in [-0.3, -0.25) is 0 Å². The number of hydrazone groups is 1. The van der Waals surface area contributed by atoms with Gasteiger partial charge in [-0.15, -0.1) is 0 Å². The van der Waals surface area contributed by atoms with Crippen molar-refractivity contribution in [2.75, 3.05) is 13.7 Å². The van der Waals surface area contributed by atoms with Gasteiger partial charge in [-0.25, -0.2) is 0 Å². The second kappa shape index (κ2) is 8.09. The van der Waals surface area contributed by atoms with E-state index in [2.05, 4.69) is 9.93 Å². The first-order chi connectivity index (χ1) is 11.9. The third-order valence-electron chi connectivity index (χ3n) is 3.09. The largest absolute Gasteiger partial charge is 0.504 e. The number of hydrogen-bond acceptors (Lipinski definition) is 6. The molecular formula is C16H17ClN2O5S. The first-order valence-corrected chi connectivity index (χ1v) is 9.07. The van der Waals surface area contributed by atoms with E-state index in [1.807, 2.05) is 0 Å². The number of nitrogens with one attached hydrogen (secondary N) is 1. The molecule has 9 heteroatoms. The summed E-state index contributed by atoms with van der Waals surface area (Å²) in [6.45, 7) is 2.17. The van der Waals surface area contributed by atoms with Gasteiger partial charge in [0.2, 0.25) is 0 Å². The van der Waals surface area contributed by atoms with Crippen molar-refractivity contribution in [1.82, 2.24) is 4.83 Å². The lowest BCUT2D eigenvalue weighted by Crippen LogP contribution is -2.19. The minimum absolute atomic E-state index is 0.0109. The molecule has 0 aliphatic rings. The summed E-state index contributed by atoms with van der Waals surface area (Å²) in [4.78, 5) is 1.97. The van der Waals surface area contributed by atoms with Gasteiger partial charge in [-0.2, -0.15) is 18.4 Å². The lowest BCUT2D eigenvalue weighted by Gasteiger charge is -2.09. The molecule has 7 nitrogen and oxygen atoms in total. The normalized spacial score (nSPS) is 11.5. The quantitative estimate of drug-likeness (QED) is 0.565. The number of benzene rings is 2. The minimum Gasteiger partial charge on any atom is -0.504 e. The van der Waals surface area contributed by atoms with Crippen LogP contribution in [0.3, 0.4) is 0 Å². The molecular weight excluding hydrogens is 368 g/mol. The van der Waals surface area contributed by atoms with Crippen molar-refractivity contribution < 1.29 is 23.0 Å². The van der Waals surface area contributed by atoms with Crippen LogP contribution in [-0.2, 0) is 10.0 Å². The fourth-order valence-corrected chi connectivity index (χ4v) is 3.19. The van der Waals surface area contributed by atoms with Gasteiger partial charge < -0.3 is 14.6 Å². The van der Waals surface area contributed by atoms with Gasteiger partial charge in [0, 0.05) is 5.02 Å². The third kappa shape index (κ3) is 4.77. The van der Waals surface area contributed by atoms with Gasteiger partial charge in [0.1, 0.15) is 10.6 Å². The molecule has 0 aliphatic carbocycles. The Balaban J connectivity index is 2.21. The van der Waals surface area contributed by atoms with Crippen molar-refractivity contribution in [1.29, 1.82) is 0 Å². The molecule has 0 atom stereocenters. The second-order valence-electron chi connectivity index (χ2n) is 4.81. The molecule has 0 bridgehead atoms. The Morgan fingerprint density at radius 1 is 1.24 bits per heavy atom. The van der Waals surface area contributed by atoms with Gasteiger partial charge in [-0.05, 0) is 48.9 Å². The summed E-state index contributed by atoms with van der Waals surface area (Å²) in [5.74, 6) is 0.421. The smallest absolute Gasteiger partial charge is 0.280 e. The SMILES string of the molecule is CCOc1cc(/C=N/NS(=O)(=O)c2cc(Cl)ccc2OC)ccc1O. The van der Waals surface area contributed by atoms with E-state index in [-0.39, 0.29) is 27.2 Å². The Morgan fingerprint density at radius 2 is 2.00 bits per heavy atom. The van der Waals surface area contributed by atoms with E-state index in [0.29, 0.717) is 12.2 Å². The van der Waals surface area contributed by atoms with Gasteiger partial charge >= 0.3 is 0 Å². The maximum atomic E-state index is 12.3. The highest BCUT2D eigenvalue weighted by Crippen LogP contribution is 2.27. The summed E-state index contributed by atoms with van der Waals surface area (Å²) < 4.78 is 35.0. The van der Waals surface area contributed by atoms with Crippen molar-refractivity contribution in [3.63, 3.8) is 0 Å². The topological polar surface area (TPSA) is 97.2 Å². The van der Waals surface area contributed by atoms with Crippen molar-refractivity contribution in [2.45, 2.75) is 11.8 Å². The number of rotatable bonds is 7. The minimum atomic E-state index is -3.96. The molecule has 2 aromatic rings. The zero-order chi connectivity index (χ0) is 18.4. The summed E-state index contributed by atoms with van der Waals surface area (Å²) in [6.07, 6.45) is 1.29. The first-order valence-electron chi connectivity index (χ1n) is 7.21. The second-order valence-corrected chi connectivity index (χ2v) is 6.87. The summed E-state index contributed by atoms with van der Waals surface area (Å²) >= 11 is 5.85. The van der Waals surface area contributed by atoms with E-state index in [0.717, 1.165) is 0 Å². The highest BCUT2D eigenvalue weighted by atomic mass is 35.5. The number of ether oxygens (including phenoxy) is 2. The van der Waals surface area contributed by atoms with Gasteiger partial charge in [0.05, 0.1) is 19.9 Å². The predicted octanol–water partition coefficient (Wildman–Crippen LogP) is 2.77. The number of hydrogen-bond donors (Lipinski definition) is 2. The molecule has 0 unspecified atom stereocenters. The molecule has 2 aromatic carbocycles. The van der Waals surface area contributed by atoms with E-state index in [1.54, 1.807) is 13.0 Å². The molecule has 0 saturated heterocycles. The van der Waals surface area contributed by atoms with Crippen LogP contribution in [0, 0.1) is 0 Å². The maximum Gasteiger partial charge on any atom is 0.280 e.